The van der Waals surface area contributed by atoms with E-state index in [1.54, 1.807) is 25.6 Å². The highest BCUT2D eigenvalue weighted by molar-refractivity contribution is 5.77. The highest BCUT2D eigenvalue weighted by Crippen LogP contribution is 2.31. The third-order valence-electron chi connectivity index (χ3n) is 4.45. The molecule has 11 nitrogen and oxygen atoms in total. The lowest BCUT2D eigenvalue weighted by Crippen LogP contribution is -2.05. The summed E-state index contributed by atoms with van der Waals surface area (Å²) in [4.78, 5) is 26.4. The summed E-state index contributed by atoms with van der Waals surface area (Å²) in [5, 5.41) is 13.1. The summed E-state index contributed by atoms with van der Waals surface area (Å²) < 4.78 is 1.94. The summed E-state index contributed by atoms with van der Waals surface area (Å²) in [7, 11) is 1.77. The highest BCUT2D eigenvalue weighted by atomic mass is 15.2. The van der Waals surface area contributed by atoms with Crippen LogP contribution in [0.3, 0.4) is 0 Å². The second-order valence-electron chi connectivity index (χ2n) is 6.46. The number of aryl methyl sites for hydroxylation is 1. The molecule has 148 valence electrons. The normalized spacial score (nSPS) is 11.0. The molecule has 0 radical (unpaired) electrons. The summed E-state index contributed by atoms with van der Waals surface area (Å²) in [6.45, 7) is 1.82. The third kappa shape index (κ3) is 3.17. The van der Waals surface area contributed by atoms with Crippen LogP contribution in [-0.4, -0.2) is 51.5 Å². The van der Waals surface area contributed by atoms with E-state index in [1.165, 1.54) is 6.33 Å². The van der Waals surface area contributed by atoms with Crippen LogP contribution >= 0.6 is 0 Å². The van der Waals surface area contributed by atoms with Crippen LogP contribution in [0.15, 0.2) is 49.3 Å². The Hall–Kier alpha value is -4.41. The molecule has 5 heterocycles. The van der Waals surface area contributed by atoms with Crippen LogP contribution < -0.4 is 10.6 Å². The minimum atomic E-state index is 0.479. The molecule has 0 spiro atoms. The molecule has 0 amide bonds. The number of nitrogens with one attached hydrogen (secondary N) is 3. The van der Waals surface area contributed by atoms with E-state index < -0.39 is 0 Å². The van der Waals surface area contributed by atoms with Gasteiger partial charge < -0.3 is 10.6 Å². The maximum Gasteiger partial charge on any atom is 0.226 e. The van der Waals surface area contributed by atoms with Crippen molar-refractivity contribution in [1.29, 1.82) is 0 Å². The fourth-order valence-electron chi connectivity index (χ4n) is 3.12. The number of hydrogen-bond acceptors (Lipinski definition) is 9. The topological polar surface area (TPSA) is 134 Å². The minimum Gasteiger partial charge on any atom is -0.357 e. The molecule has 5 aromatic rings. The molecule has 0 atom stereocenters. The second kappa shape index (κ2) is 7.20. The van der Waals surface area contributed by atoms with Gasteiger partial charge in [-0.25, -0.2) is 19.9 Å². The third-order valence-corrected chi connectivity index (χ3v) is 4.45. The van der Waals surface area contributed by atoms with Gasteiger partial charge in [-0.15, -0.1) is 0 Å². The maximum absolute atomic E-state index is 4.74. The minimum absolute atomic E-state index is 0.479. The van der Waals surface area contributed by atoms with Gasteiger partial charge in [0.1, 0.15) is 29.3 Å². The van der Waals surface area contributed by atoms with Gasteiger partial charge in [0.15, 0.2) is 11.6 Å². The van der Waals surface area contributed by atoms with Crippen molar-refractivity contribution in [3.63, 3.8) is 0 Å². The number of fused-ring (bicyclic) bond motifs is 1. The van der Waals surface area contributed by atoms with Crippen molar-refractivity contribution in [2.75, 3.05) is 17.7 Å². The fourth-order valence-corrected chi connectivity index (χ4v) is 3.12. The Bertz CT molecular complexity index is 1310. The van der Waals surface area contributed by atoms with Crippen molar-refractivity contribution in [3.8, 4) is 22.6 Å². The quantitative estimate of drug-likeness (QED) is 0.407. The monoisotopic (exact) mass is 399 g/mol. The smallest absolute Gasteiger partial charge is 0.226 e. The first-order chi connectivity index (χ1) is 14.7. The maximum atomic E-state index is 4.74. The lowest BCUT2D eigenvalue weighted by molar-refractivity contribution is 0.973. The molecule has 30 heavy (non-hydrogen) atoms. The number of hydrogen-bond donors (Lipinski definition) is 3. The number of aromatic nitrogens is 9. The predicted molar refractivity (Wildman–Crippen MR) is 111 cm³/mol. The van der Waals surface area contributed by atoms with Gasteiger partial charge in [-0.3, -0.25) is 9.50 Å². The van der Waals surface area contributed by atoms with E-state index in [2.05, 4.69) is 45.8 Å². The zero-order valence-corrected chi connectivity index (χ0v) is 16.2. The zero-order valence-electron chi connectivity index (χ0n) is 16.2. The van der Waals surface area contributed by atoms with E-state index in [0.29, 0.717) is 34.9 Å². The Labute approximate surface area is 170 Å². The number of aromatic amines is 1. The molecule has 5 aromatic heterocycles. The van der Waals surface area contributed by atoms with Crippen LogP contribution in [-0.2, 0) is 0 Å². The molecule has 0 saturated heterocycles. The first kappa shape index (κ1) is 17.7. The van der Waals surface area contributed by atoms with E-state index >= 15 is 0 Å². The number of pyridine rings is 1. The summed E-state index contributed by atoms with van der Waals surface area (Å²) >= 11 is 0. The van der Waals surface area contributed by atoms with Gasteiger partial charge in [-0.05, 0) is 19.1 Å². The molecular formula is C19H17N11. The van der Waals surface area contributed by atoms with Crippen molar-refractivity contribution in [3.05, 3.63) is 55.1 Å². The van der Waals surface area contributed by atoms with Gasteiger partial charge in [0.25, 0.3) is 0 Å². The van der Waals surface area contributed by atoms with E-state index in [0.717, 1.165) is 16.8 Å². The van der Waals surface area contributed by atoms with Gasteiger partial charge in [0.2, 0.25) is 5.95 Å². The zero-order chi connectivity index (χ0) is 20.5. The number of nitrogens with zero attached hydrogens (tertiary/aromatic N) is 8. The Balaban J connectivity index is 1.74. The van der Waals surface area contributed by atoms with Gasteiger partial charge in [-0.2, -0.15) is 15.1 Å². The molecule has 0 aliphatic rings. The molecule has 0 unspecified atom stereocenters. The summed E-state index contributed by atoms with van der Waals surface area (Å²) in [6.07, 6.45) is 8.66. The van der Waals surface area contributed by atoms with E-state index in [9.17, 15) is 0 Å². The highest BCUT2D eigenvalue weighted by Gasteiger charge is 2.19. The van der Waals surface area contributed by atoms with Gasteiger partial charge in [0, 0.05) is 42.8 Å². The summed E-state index contributed by atoms with van der Waals surface area (Å²) in [5.41, 5.74) is 3.26. The van der Waals surface area contributed by atoms with Crippen molar-refractivity contribution < 1.29 is 0 Å². The number of rotatable bonds is 5. The number of H-pyrrole nitrogens is 1. The van der Waals surface area contributed by atoms with Crippen LogP contribution in [0.5, 0.6) is 0 Å². The lowest BCUT2D eigenvalue weighted by Gasteiger charge is -2.08. The van der Waals surface area contributed by atoms with Crippen molar-refractivity contribution in [2.24, 2.45) is 0 Å². The fraction of sp³-hybridized carbons (Fsp3) is 0.105. The first-order valence-corrected chi connectivity index (χ1v) is 9.16. The lowest BCUT2D eigenvalue weighted by atomic mass is 10.1. The van der Waals surface area contributed by atoms with Crippen molar-refractivity contribution in [2.45, 2.75) is 6.92 Å². The Morgan fingerprint density at radius 3 is 2.60 bits per heavy atom. The van der Waals surface area contributed by atoms with Gasteiger partial charge >= 0.3 is 0 Å². The Morgan fingerprint density at radius 2 is 1.83 bits per heavy atom. The molecule has 0 bridgehead atoms. The van der Waals surface area contributed by atoms with Crippen LogP contribution in [0, 0.1) is 6.92 Å². The van der Waals surface area contributed by atoms with Crippen molar-refractivity contribution >= 4 is 23.2 Å². The SMILES string of the molecule is CNc1nc(C)nc(-c2c(Nc3ccn[nH]3)nc3ccc(-c4cncnc4)cn23)n1. The van der Waals surface area contributed by atoms with E-state index in [4.69, 9.17) is 4.98 Å². The van der Waals surface area contributed by atoms with Gasteiger partial charge in [-0.1, -0.05) is 0 Å². The predicted octanol–water partition coefficient (Wildman–Crippen LogP) is 2.46. The molecule has 0 saturated carbocycles. The van der Waals surface area contributed by atoms with Gasteiger partial charge in [0.05, 0.1) is 6.20 Å². The second-order valence-corrected chi connectivity index (χ2v) is 6.46. The van der Waals surface area contributed by atoms with Crippen molar-refractivity contribution in [1.82, 2.24) is 44.5 Å². The van der Waals surface area contributed by atoms with Crippen LogP contribution in [0.25, 0.3) is 28.3 Å². The number of anilines is 3. The van der Waals surface area contributed by atoms with Crippen LogP contribution in [0.2, 0.25) is 0 Å². The Morgan fingerprint density at radius 1 is 0.967 bits per heavy atom. The molecule has 0 aromatic carbocycles. The van der Waals surface area contributed by atoms with E-state index in [1.807, 2.05) is 35.7 Å². The molecule has 0 aliphatic heterocycles. The molecule has 5 rings (SSSR count). The average Bonchev–Trinajstić information content (AvgIpc) is 3.41. The molecule has 0 fully saturated rings. The summed E-state index contributed by atoms with van der Waals surface area (Å²) in [6, 6.07) is 5.72. The standard InChI is InChI=1S/C19H17N11/c1-11-24-17(28-19(20-2)25-11)16-18(26-14-5-6-23-29-14)27-15-4-3-12(9-30(15)16)13-7-21-10-22-8-13/h3-10H,1-2H3,(H2,23,26,29)(H,20,24,25,28). The first-order valence-electron chi connectivity index (χ1n) is 9.16. The summed E-state index contributed by atoms with van der Waals surface area (Å²) in [5.74, 6) is 2.86. The molecular weight excluding hydrogens is 382 g/mol. The number of imidazole rings is 1. The average molecular weight is 399 g/mol. The Kier molecular flexibility index (Phi) is 4.24. The molecule has 11 heteroatoms. The molecule has 3 N–H and O–H groups in total. The van der Waals surface area contributed by atoms with E-state index in [-0.39, 0.29) is 0 Å². The molecule has 0 aliphatic carbocycles. The largest absolute Gasteiger partial charge is 0.357 e. The van der Waals surface area contributed by atoms with Crippen LogP contribution in [0.4, 0.5) is 17.6 Å². The van der Waals surface area contributed by atoms with Crippen LogP contribution in [0.1, 0.15) is 5.82 Å².